The van der Waals surface area contributed by atoms with E-state index in [0.717, 1.165) is 5.56 Å². The number of hydrogen-bond acceptors (Lipinski definition) is 7. The molecule has 4 N–H and O–H groups in total. The van der Waals surface area contributed by atoms with E-state index in [0.29, 0.717) is 44.6 Å². The number of carbonyl (C=O) groups is 2. The van der Waals surface area contributed by atoms with Crippen molar-refractivity contribution in [2.75, 3.05) is 24.9 Å². The first kappa shape index (κ1) is 25.4. The third-order valence-electron chi connectivity index (χ3n) is 5.32. The molecule has 0 aliphatic carbocycles. The molecule has 190 valence electrons. The molecule has 0 bridgehead atoms. The summed E-state index contributed by atoms with van der Waals surface area (Å²) in [5.41, 5.74) is 1.93. The zero-order valence-electron chi connectivity index (χ0n) is 20.1. The van der Waals surface area contributed by atoms with Crippen LogP contribution >= 0.6 is 11.6 Å². The van der Waals surface area contributed by atoms with Gasteiger partial charge in [0.25, 0.3) is 0 Å². The van der Waals surface area contributed by atoms with E-state index in [1.165, 1.54) is 26.4 Å². The molecule has 0 aliphatic rings. The zero-order chi connectivity index (χ0) is 26.5. The monoisotopic (exact) mass is 522 g/mol. The summed E-state index contributed by atoms with van der Waals surface area (Å²) in [4.78, 5) is 28.8. The van der Waals surface area contributed by atoms with Crippen LogP contribution in [0.3, 0.4) is 0 Å². The number of phenols is 1. The van der Waals surface area contributed by atoms with E-state index in [4.69, 9.17) is 25.8 Å². The van der Waals surface area contributed by atoms with Crippen LogP contribution in [0.2, 0.25) is 5.02 Å². The number of anilines is 2. The van der Waals surface area contributed by atoms with E-state index in [-0.39, 0.29) is 11.4 Å². The van der Waals surface area contributed by atoms with E-state index < -0.39 is 12.1 Å². The van der Waals surface area contributed by atoms with Crippen LogP contribution in [0.4, 0.5) is 21.0 Å². The fourth-order valence-electron chi connectivity index (χ4n) is 3.52. The predicted octanol–water partition coefficient (Wildman–Crippen LogP) is 6.07. The fraction of sp³-hybridized carbons (Fsp3) is 0.115. The van der Waals surface area contributed by atoms with Gasteiger partial charge in [0.2, 0.25) is 0 Å². The minimum absolute atomic E-state index is 0.0753. The molecule has 0 fully saturated rings. The van der Waals surface area contributed by atoms with Crippen LogP contribution in [0, 0.1) is 6.92 Å². The Labute approximate surface area is 217 Å². The lowest BCUT2D eigenvalue weighted by molar-refractivity contribution is 0.240. The Hall–Kier alpha value is -4.70. The molecule has 37 heavy (non-hydrogen) atoms. The Bertz CT molecular complexity index is 1490. The highest BCUT2D eigenvalue weighted by Gasteiger charge is 2.14. The third kappa shape index (κ3) is 5.93. The van der Waals surface area contributed by atoms with Gasteiger partial charge in [-0.1, -0.05) is 11.6 Å². The van der Waals surface area contributed by atoms with Crippen molar-refractivity contribution in [2.24, 2.45) is 0 Å². The lowest BCUT2D eigenvalue weighted by atomic mass is 10.2. The van der Waals surface area contributed by atoms with E-state index in [1.54, 1.807) is 55.6 Å². The number of phenolic OH excluding ortho intramolecular Hbond substituents is 1. The molecule has 0 radical (unpaired) electrons. The average Bonchev–Trinajstić information content (AvgIpc) is 2.86. The minimum Gasteiger partial charge on any atom is -0.506 e. The number of hydrogen-bond donors (Lipinski definition) is 4. The van der Waals surface area contributed by atoms with Crippen LogP contribution < -0.4 is 30.2 Å². The number of rotatable bonds is 6. The Morgan fingerprint density at radius 3 is 2.22 bits per heavy atom. The first-order valence-electron chi connectivity index (χ1n) is 10.9. The highest BCUT2D eigenvalue weighted by atomic mass is 35.5. The van der Waals surface area contributed by atoms with Gasteiger partial charge in [-0.3, -0.25) is 10.3 Å². The Kier molecular flexibility index (Phi) is 7.49. The van der Waals surface area contributed by atoms with E-state index in [1.807, 2.05) is 0 Å². The van der Waals surface area contributed by atoms with Crippen molar-refractivity contribution in [2.45, 2.75) is 6.92 Å². The van der Waals surface area contributed by atoms with Crippen molar-refractivity contribution >= 4 is 45.9 Å². The maximum atomic E-state index is 12.3. The molecule has 0 saturated heterocycles. The number of aryl methyl sites for hydroxylation is 1. The highest BCUT2D eigenvalue weighted by molar-refractivity contribution is 6.30. The van der Waals surface area contributed by atoms with Gasteiger partial charge in [0.15, 0.2) is 11.5 Å². The first-order chi connectivity index (χ1) is 17.8. The number of imide groups is 1. The fourth-order valence-corrected chi connectivity index (χ4v) is 3.75. The quantitative estimate of drug-likeness (QED) is 0.226. The van der Waals surface area contributed by atoms with Crippen LogP contribution in [0.25, 0.3) is 10.9 Å². The molecule has 3 aromatic carbocycles. The number of benzene rings is 3. The second kappa shape index (κ2) is 10.9. The molecular formula is C26H23ClN4O6. The summed E-state index contributed by atoms with van der Waals surface area (Å²) < 4.78 is 16.6. The highest BCUT2D eigenvalue weighted by Crippen LogP contribution is 2.38. The number of amides is 4. The van der Waals surface area contributed by atoms with Crippen LogP contribution in [0.1, 0.15) is 5.56 Å². The molecule has 11 heteroatoms. The molecule has 0 atom stereocenters. The van der Waals surface area contributed by atoms with E-state index in [2.05, 4.69) is 20.9 Å². The van der Waals surface area contributed by atoms with Crippen LogP contribution in [-0.2, 0) is 0 Å². The van der Waals surface area contributed by atoms with Gasteiger partial charge in [-0.15, -0.1) is 0 Å². The standard InChI is InChI=1S/C26H23ClN4O6/c1-14-10-15(27)4-6-18(14)29-25(33)31-26(34)30-19-7-5-16(11-21(19)32)37-22-8-9-28-20-13-24(36-3)23(35-2)12-17(20)22/h4-13,32H,1-3H3,(H3,29,30,31,33,34). The molecule has 4 aromatic rings. The molecule has 0 aliphatic heterocycles. The number of halogens is 1. The smallest absolute Gasteiger partial charge is 0.327 e. The van der Waals surface area contributed by atoms with Crippen molar-refractivity contribution in [1.29, 1.82) is 0 Å². The Balaban J connectivity index is 1.44. The topological polar surface area (TPSA) is 131 Å². The van der Waals surface area contributed by atoms with Crippen LogP contribution in [0.15, 0.2) is 60.8 Å². The number of urea groups is 2. The van der Waals surface area contributed by atoms with Gasteiger partial charge in [-0.2, -0.15) is 0 Å². The normalized spacial score (nSPS) is 10.5. The number of methoxy groups -OCH3 is 2. The SMILES string of the molecule is COc1cc2nccc(Oc3ccc(NC(=O)NC(=O)Nc4ccc(Cl)cc4C)c(O)c3)c2cc1OC. The van der Waals surface area contributed by atoms with Gasteiger partial charge in [-0.25, -0.2) is 9.59 Å². The molecule has 4 rings (SSSR count). The van der Waals surface area contributed by atoms with Gasteiger partial charge < -0.3 is 30.0 Å². The first-order valence-corrected chi connectivity index (χ1v) is 11.3. The molecule has 10 nitrogen and oxygen atoms in total. The summed E-state index contributed by atoms with van der Waals surface area (Å²) in [5, 5.41) is 18.7. The lowest BCUT2D eigenvalue weighted by Gasteiger charge is -2.14. The van der Waals surface area contributed by atoms with Gasteiger partial charge >= 0.3 is 12.1 Å². The molecule has 1 heterocycles. The van der Waals surface area contributed by atoms with Gasteiger partial charge in [-0.05, 0) is 55.0 Å². The summed E-state index contributed by atoms with van der Waals surface area (Å²) >= 11 is 5.91. The molecule has 0 unspecified atom stereocenters. The number of aromatic hydroxyl groups is 1. The van der Waals surface area contributed by atoms with Gasteiger partial charge in [0.05, 0.1) is 25.4 Å². The minimum atomic E-state index is -0.839. The molecule has 1 aromatic heterocycles. The second-order valence-corrected chi connectivity index (χ2v) is 8.24. The van der Waals surface area contributed by atoms with Gasteiger partial charge in [0.1, 0.15) is 17.2 Å². The number of pyridine rings is 1. The number of fused-ring (bicyclic) bond motifs is 1. The van der Waals surface area contributed by atoms with E-state index in [9.17, 15) is 14.7 Å². The average molecular weight is 523 g/mol. The second-order valence-electron chi connectivity index (χ2n) is 7.81. The Morgan fingerprint density at radius 2 is 1.54 bits per heavy atom. The molecular weight excluding hydrogens is 500 g/mol. The number of carbonyl (C=O) groups excluding carboxylic acids is 2. The summed E-state index contributed by atoms with van der Waals surface area (Å²) in [6.45, 7) is 1.77. The molecule has 4 amide bonds. The Morgan fingerprint density at radius 1 is 0.865 bits per heavy atom. The van der Waals surface area contributed by atoms with Crippen LogP contribution in [0.5, 0.6) is 28.7 Å². The zero-order valence-corrected chi connectivity index (χ0v) is 20.8. The van der Waals surface area contributed by atoms with Gasteiger partial charge in [0, 0.05) is 34.4 Å². The number of nitrogens with one attached hydrogen (secondary N) is 3. The van der Waals surface area contributed by atoms with Crippen molar-refractivity contribution in [1.82, 2.24) is 10.3 Å². The molecule has 0 saturated carbocycles. The third-order valence-corrected chi connectivity index (χ3v) is 5.55. The maximum absolute atomic E-state index is 12.3. The van der Waals surface area contributed by atoms with Crippen molar-refractivity contribution in [3.05, 3.63) is 71.4 Å². The van der Waals surface area contributed by atoms with Crippen LogP contribution in [-0.4, -0.2) is 36.4 Å². The summed E-state index contributed by atoms with van der Waals surface area (Å²) in [6.07, 6.45) is 1.58. The number of ether oxygens (including phenoxy) is 3. The number of aromatic nitrogens is 1. The van der Waals surface area contributed by atoms with Crippen molar-refractivity contribution in [3.63, 3.8) is 0 Å². The van der Waals surface area contributed by atoms with Crippen molar-refractivity contribution in [3.8, 4) is 28.7 Å². The summed E-state index contributed by atoms with van der Waals surface area (Å²) in [5.74, 6) is 1.55. The van der Waals surface area contributed by atoms with E-state index >= 15 is 0 Å². The largest absolute Gasteiger partial charge is 0.506 e. The summed E-state index contributed by atoms with van der Waals surface area (Å²) in [7, 11) is 3.07. The lowest BCUT2D eigenvalue weighted by Crippen LogP contribution is -2.37. The predicted molar refractivity (Wildman–Crippen MR) is 140 cm³/mol. The number of nitrogens with zero attached hydrogens (tertiary/aromatic N) is 1. The van der Waals surface area contributed by atoms with Crippen molar-refractivity contribution < 1.29 is 28.9 Å². The summed E-state index contributed by atoms with van der Waals surface area (Å²) in [6, 6.07) is 12.8. The molecule has 0 spiro atoms. The maximum Gasteiger partial charge on any atom is 0.327 e.